The number of unbranched alkanes of at least 4 members (excludes halogenated alkanes) is 1. The number of pyridine rings is 2. The molecule has 156 valence electrons. The lowest BCUT2D eigenvalue weighted by Gasteiger charge is -2.33. The molecule has 1 aliphatic heterocycles. The molecule has 1 amide bonds. The second kappa shape index (κ2) is 8.65. The number of hydrazine groups is 1. The van der Waals surface area contributed by atoms with Crippen molar-refractivity contribution in [3.05, 3.63) is 40.5 Å². The van der Waals surface area contributed by atoms with Crippen LogP contribution in [0.5, 0.6) is 5.75 Å². The van der Waals surface area contributed by atoms with E-state index in [0.717, 1.165) is 47.7 Å². The number of nitrogens with zero attached hydrogens (tertiary/aromatic N) is 3. The molecule has 8 nitrogen and oxygen atoms in total. The highest BCUT2D eigenvalue weighted by Gasteiger charge is 2.29. The third kappa shape index (κ3) is 3.98. The zero-order valence-electron chi connectivity index (χ0n) is 17.5. The lowest BCUT2D eigenvalue weighted by molar-refractivity contribution is 0.0951. The summed E-state index contributed by atoms with van der Waals surface area (Å²) >= 11 is 0. The summed E-state index contributed by atoms with van der Waals surface area (Å²) in [4.78, 5) is 17.1. The number of carbonyl (C=O) groups excluding carboxylic acids is 1. The smallest absolute Gasteiger partial charge is 0.268 e. The van der Waals surface area contributed by atoms with Crippen LogP contribution in [-0.4, -0.2) is 22.1 Å². The molecule has 0 aliphatic carbocycles. The first-order chi connectivity index (χ1) is 13.9. The Bertz CT molecular complexity index is 980. The van der Waals surface area contributed by atoms with E-state index in [-0.39, 0.29) is 6.04 Å². The van der Waals surface area contributed by atoms with Gasteiger partial charge in [0.2, 0.25) is 0 Å². The van der Waals surface area contributed by atoms with Gasteiger partial charge in [-0.05, 0) is 43.4 Å². The summed E-state index contributed by atoms with van der Waals surface area (Å²) in [6, 6.07) is 4.06. The molecule has 0 radical (unpaired) electrons. The van der Waals surface area contributed by atoms with Gasteiger partial charge in [0.15, 0.2) is 0 Å². The van der Waals surface area contributed by atoms with E-state index in [2.05, 4.69) is 41.9 Å². The Morgan fingerprint density at radius 2 is 2.21 bits per heavy atom. The molecule has 3 heterocycles. The van der Waals surface area contributed by atoms with Crippen molar-refractivity contribution in [2.45, 2.75) is 53.0 Å². The van der Waals surface area contributed by atoms with E-state index in [0.29, 0.717) is 23.4 Å². The van der Waals surface area contributed by atoms with Gasteiger partial charge in [-0.3, -0.25) is 10.2 Å². The van der Waals surface area contributed by atoms with Gasteiger partial charge in [-0.25, -0.2) is 10.8 Å². The van der Waals surface area contributed by atoms with Gasteiger partial charge >= 0.3 is 0 Å². The van der Waals surface area contributed by atoms with E-state index >= 15 is 0 Å². The zero-order valence-corrected chi connectivity index (χ0v) is 17.5. The van der Waals surface area contributed by atoms with Crippen molar-refractivity contribution in [2.24, 2.45) is 22.7 Å². The van der Waals surface area contributed by atoms with Gasteiger partial charge in [-0.15, -0.1) is 0 Å². The number of hydrogen-bond acceptors (Lipinski definition) is 6. The number of aromatic nitrogens is 2. The molecule has 0 unspecified atom stereocenters. The second-order valence-corrected chi connectivity index (χ2v) is 7.76. The Kier molecular flexibility index (Phi) is 6.22. The van der Waals surface area contributed by atoms with Crippen LogP contribution >= 0.6 is 0 Å². The number of rotatable bonds is 6. The van der Waals surface area contributed by atoms with Crippen LogP contribution in [0, 0.1) is 12.8 Å². The predicted octanol–water partition coefficient (Wildman–Crippen LogP) is 2.17. The Morgan fingerprint density at radius 1 is 1.45 bits per heavy atom. The summed E-state index contributed by atoms with van der Waals surface area (Å²) < 4.78 is 8.06. The normalized spacial score (nSPS) is 15.8. The zero-order chi connectivity index (χ0) is 21.1. The maximum atomic E-state index is 12.2. The number of aryl methyl sites for hydroxylation is 1. The molecule has 29 heavy (non-hydrogen) atoms. The molecule has 0 saturated heterocycles. The minimum atomic E-state index is -0.429. The average molecular weight is 399 g/mol. The quantitative estimate of drug-likeness (QED) is 0.298. The molecule has 3 rings (SSSR count). The first kappa shape index (κ1) is 20.9. The summed E-state index contributed by atoms with van der Waals surface area (Å²) in [5.41, 5.74) is 6.21. The van der Waals surface area contributed by atoms with Crippen LogP contribution in [0.3, 0.4) is 0 Å². The van der Waals surface area contributed by atoms with Crippen molar-refractivity contribution < 1.29 is 9.53 Å². The fourth-order valence-electron chi connectivity index (χ4n) is 3.74. The topological polar surface area (TPSA) is 121 Å². The van der Waals surface area contributed by atoms with E-state index in [1.54, 1.807) is 6.20 Å². The number of nitrogens with one attached hydrogen (secondary N) is 1. The highest BCUT2D eigenvalue weighted by Crippen LogP contribution is 2.38. The molecular weight excluding hydrogens is 368 g/mol. The molecule has 2 aromatic rings. The lowest BCUT2D eigenvalue weighted by atomic mass is 9.89. The predicted molar refractivity (Wildman–Crippen MR) is 112 cm³/mol. The monoisotopic (exact) mass is 398 g/mol. The molecule has 2 aromatic heterocycles. The molecule has 0 aromatic carbocycles. The van der Waals surface area contributed by atoms with E-state index in [9.17, 15) is 4.79 Å². The standard InChI is InChI=1S/C21H30N6O2/c1-5-6-7-29-19-9-14-8-17(12(2)3)27-11-15(21(28)26-23)16(25-22)10-18(27)20(14)24-13(19)4/h9-12,17H,5-8,22-23H2,1-4H3,(H,26,28)/t17-/m0/s1. The van der Waals surface area contributed by atoms with Gasteiger partial charge in [0.25, 0.3) is 5.91 Å². The van der Waals surface area contributed by atoms with Gasteiger partial charge in [-0.2, -0.15) is 5.10 Å². The number of nitrogens with two attached hydrogens (primary N) is 2. The Hall–Kier alpha value is -2.87. The Morgan fingerprint density at radius 3 is 2.83 bits per heavy atom. The number of ether oxygens (including phenoxy) is 1. The lowest BCUT2D eigenvalue weighted by Crippen LogP contribution is -2.36. The molecule has 8 heteroatoms. The van der Waals surface area contributed by atoms with Crippen LogP contribution in [-0.2, 0) is 6.42 Å². The summed E-state index contributed by atoms with van der Waals surface area (Å²) in [5.74, 6) is 11.7. The van der Waals surface area contributed by atoms with E-state index in [1.807, 2.05) is 13.0 Å². The van der Waals surface area contributed by atoms with Crippen molar-refractivity contribution in [2.75, 3.05) is 6.61 Å². The van der Waals surface area contributed by atoms with Crippen LogP contribution in [0.25, 0.3) is 11.4 Å². The minimum Gasteiger partial charge on any atom is -0.492 e. The number of nitrogen functional groups attached to an aromatic ring is 1. The fraction of sp³-hybridized carbons (Fsp3) is 0.476. The average Bonchev–Trinajstić information content (AvgIpc) is 2.72. The van der Waals surface area contributed by atoms with Crippen molar-refractivity contribution in [3.63, 3.8) is 0 Å². The van der Waals surface area contributed by atoms with Gasteiger partial charge in [0.1, 0.15) is 5.75 Å². The molecule has 1 atom stereocenters. The van der Waals surface area contributed by atoms with Gasteiger partial charge in [-0.1, -0.05) is 27.2 Å². The Labute approximate surface area is 170 Å². The fourth-order valence-corrected chi connectivity index (χ4v) is 3.74. The third-order valence-electron chi connectivity index (χ3n) is 5.41. The van der Waals surface area contributed by atoms with Crippen LogP contribution in [0.1, 0.15) is 61.3 Å². The largest absolute Gasteiger partial charge is 0.492 e. The van der Waals surface area contributed by atoms with Crippen LogP contribution in [0.4, 0.5) is 0 Å². The van der Waals surface area contributed by atoms with Crippen molar-refractivity contribution >= 4 is 5.91 Å². The first-order valence-corrected chi connectivity index (χ1v) is 10.1. The minimum absolute atomic E-state index is 0.154. The second-order valence-electron chi connectivity index (χ2n) is 7.76. The van der Waals surface area contributed by atoms with Gasteiger partial charge in [0.05, 0.1) is 34.6 Å². The molecule has 0 fully saturated rings. The molecule has 1 aliphatic rings. The summed E-state index contributed by atoms with van der Waals surface area (Å²) in [5, 5.41) is 4.17. The first-order valence-electron chi connectivity index (χ1n) is 10.1. The maximum Gasteiger partial charge on any atom is 0.268 e. The molecule has 5 N–H and O–H groups in total. The summed E-state index contributed by atoms with van der Waals surface area (Å²) in [6.07, 6.45) is 4.67. The maximum absolute atomic E-state index is 12.2. The number of hydrogen-bond donors (Lipinski definition) is 3. The molecule has 0 spiro atoms. The Balaban J connectivity index is 2.18. The molecular formula is C21H30N6O2. The highest BCUT2D eigenvalue weighted by atomic mass is 16.5. The van der Waals surface area contributed by atoms with Gasteiger partial charge < -0.3 is 15.1 Å². The SMILES string of the molecule is CCCCOc1cc2c(nc1C)-c1cc(=NN)c(C(=O)NN)cn1[C@H](C(C)C)C2. The van der Waals surface area contributed by atoms with Crippen molar-refractivity contribution in [1.29, 1.82) is 0 Å². The molecule has 0 saturated carbocycles. The van der Waals surface area contributed by atoms with E-state index in [1.165, 1.54) is 0 Å². The van der Waals surface area contributed by atoms with Crippen LogP contribution in [0.2, 0.25) is 0 Å². The molecule has 0 bridgehead atoms. The third-order valence-corrected chi connectivity index (χ3v) is 5.41. The number of fused-ring (bicyclic) bond motifs is 3. The van der Waals surface area contributed by atoms with Crippen molar-refractivity contribution in [3.8, 4) is 17.1 Å². The van der Waals surface area contributed by atoms with Crippen molar-refractivity contribution in [1.82, 2.24) is 15.0 Å². The van der Waals surface area contributed by atoms with E-state index in [4.69, 9.17) is 21.4 Å². The number of carbonyl (C=O) groups is 1. The van der Waals surface area contributed by atoms with Crippen LogP contribution < -0.4 is 27.2 Å². The number of amides is 1. The summed E-state index contributed by atoms with van der Waals surface area (Å²) in [7, 11) is 0. The van der Waals surface area contributed by atoms with Gasteiger partial charge in [0, 0.05) is 12.2 Å². The van der Waals surface area contributed by atoms with Crippen LogP contribution in [0.15, 0.2) is 23.4 Å². The van der Waals surface area contributed by atoms with E-state index < -0.39 is 5.91 Å². The highest BCUT2D eigenvalue weighted by molar-refractivity contribution is 5.93. The summed E-state index contributed by atoms with van der Waals surface area (Å²) in [6.45, 7) is 9.10.